The molecule has 162 valence electrons. The lowest BCUT2D eigenvalue weighted by Crippen LogP contribution is -2.25. The van der Waals surface area contributed by atoms with Gasteiger partial charge in [0.2, 0.25) is 0 Å². The van der Waals surface area contributed by atoms with Crippen molar-refractivity contribution in [3.8, 4) is 5.75 Å². The lowest BCUT2D eigenvalue weighted by atomic mass is 9.96. The van der Waals surface area contributed by atoms with Gasteiger partial charge in [0.05, 0.1) is 18.9 Å². The quantitative estimate of drug-likeness (QED) is 0.500. The number of ether oxygens (including phenoxy) is 3. The summed E-state index contributed by atoms with van der Waals surface area (Å²) < 4.78 is 20.5. The lowest BCUT2D eigenvalue weighted by Gasteiger charge is -2.18. The van der Waals surface area contributed by atoms with Crippen LogP contribution in [-0.4, -0.2) is 40.4 Å². The summed E-state index contributed by atoms with van der Waals surface area (Å²) in [5, 5.41) is 9.04. The van der Waals surface area contributed by atoms with Crippen LogP contribution in [0.5, 0.6) is 5.75 Å². The third-order valence-electron chi connectivity index (χ3n) is 3.80. The smallest absolute Gasteiger partial charge is 0.476 e. The number of aromatic nitrogens is 1. The highest BCUT2D eigenvalue weighted by molar-refractivity contribution is 5.84. The van der Waals surface area contributed by atoms with Crippen molar-refractivity contribution in [3.05, 3.63) is 47.7 Å². The summed E-state index contributed by atoms with van der Waals surface area (Å²) in [4.78, 5) is 38.7. The van der Waals surface area contributed by atoms with Gasteiger partial charge in [0, 0.05) is 0 Å². The highest BCUT2D eigenvalue weighted by Gasteiger charge is 2.24. The minimum absolute atomic E-state index is 0.0242. The number of aromatic carboxylic acids is 1. The van der Waals surface area contributed by atoms with Crippen molar-refractivity contribution in [2.75, 3.05) is 6.61 Å². The molecule has 0 radical (unpaired) electrons. The van der Waals surface area contributed by atoms with E-state index >= 15 is 0 Å². The molecule has 1 unspecified atom stereocenters. The van der Waals surface area contributed by atoms with Crippen LogP contribution in [0.1, 0.15) is 62.0 Å². The molecule has 0 fully saturated rings. The van der Waals surface area contributed by atoms with Crippen LogP contribution in [0.4, 0.5) is 4.79 Å². The summed E-state index contributed by atoms with van der Waals surface area (Å²) in [5.74, 6) is -1.74. The first-order chi connectivity index (χ1) is 14.1. The fourth-order valence-corrected chi connectivity index (χ4v) is 2.59. The molecule has 1 aromatic carbocycles. The normalized spacial score (nSPS) is 12.1. The third-order valence-corrected chi connectivity index (χ3v) is 3.80. The van der Waals surface area contributed by atoms with Gasteiger partial charge in [-0.2, -0.15) is 0 Å². The standard InChI is InChI=1S/C21H25NO8/c1-5-27-17(23)11-14(18-22-16(12-28-18)19(24)25)10-13-6-8-15(9-7-13)29-20(26)30-21(2,3)4/h6-9,12,14H,5,10-11H2,1-4H3,(H,24,25). The molecule has 0 aliphatic heterocycles. The van der Waals surface area contributed by atoms with Crippen LogP contribution >= 0.6 is 0 Å². The van der Waals surface area contributed by atoms with E-state index in [9.17, 15) is 14.4 Å². The maximum Gasteiger partial charge on any atom is 0.514 e. The van der Waals surface area contributed by atoms with E-state index in [0.717, 1.165) is 11.8 Å². The second kappa shape index (κ2) is 9.91. The van der Waals surface area contributed by atoms with Crippen molar-refractivity contribution in [1.29, 1.82) is 0 Å². The summed E-state index contributed by atoms with van der Waals surface area (Å²) in [6.45, 7) is 7.14. The topological polar surface area (TPSA) is 125 Å². The number of rotatable bonds is 8. The van der Waals surface area contributed by atoms with Gasteiger partial charge < -0.3 is 23.7 Å². The Balaban J connectivity index is 2.11. The average Bonchev–Trinajstić information content (AvgIpc) is 3.12. The van der Waals surface area contributed by atoms with Crippen LogP contribution in [0.3, 0.4) is 0 Å². The molecule has 0 saturated heterocycles. The molecule has 0 aliphatic carbocycles. The molecule has 0 spiro atoms. The van der Waals surface area contributed by atoms with E-state index in [1.807, 2.05) is 0 Å². The van der Waals surface area contributed by atoms with Gasteiger partial charge in [0.15, 0.2) is 11.6 Å². The number of carbonyl (C=O) groups excluding carboxylic acids is 2. The Morgan fingerprint density at radius 2 is 1.83 bits per heavy atom. The van der Waals surface area contributed by atoms with Crippen LogP contribution in [0.15, 0.2) is 34.9 Å². The summed E-state index contributed by atoms with van der Waals surface area (Å²) in [6.07, 6.45) is 0.541. The van der Waals surface area contributed by atoms with Crippen LogP contribution in [0, 0.1) is 0 Å². The van der Waals surface area contributed by atoms with E-state index < -0.39 is 29.6 Å². The van der Waals surface area contributed by atoms with Crippen LogP contribution < -0.4 is 4.74 Å². The first kappa shape index (κ1) is 22.9. The molecule has 1 heterocycles. The van der Waals surface area contributed by atoms with Crippen molar-refractivity contribution in [2.24, 2.45) is 0 Å². The molecule has 0 saturated carbocycles. The number of benzene rings is 1. The van der Waals surface area contributed by atoms with E-state index in [-0.39, 0.29) is 24.6 Å². The van der Waals surface area contributed by atoms with Crippen molar-refractivity contribution in [2.45, 2.75) is 52.1 Å². The average molecular weight is 419 g/mol. The zero-order chi connectivity index (χ0) is 22.3. The van der Waals surface area contributed by atoms with Crippen molar-refractivity contribution in [1.82, 2.24) is 4.98 Å². The molecular formula is C21H25NO8. The zero-order valence-corrected chi connectivity index (χ0v) is 17.3. The van der Waals surface area contributed by atoms with Gasteiger partial charge in [-0.3, -0.25) is 4.79 Å². The predicted octanol–water partition coefficient (Wildman–Crippen LogP) is 3.97. The Hall–Kier alpha value is -3.36. The lowest BCUT2D eigenvalue weighted by molar-refractivity contribution is -0.143. The van der Waals surface area contributed by atoms with Gasteiger partial charge in [-0.25, -0.2) is 14.6 Å². The van der Waals surface area contributed by atoms with Crippen molar-refractivity contribution < 1.29 is 38.1 Å². The van der Waals surface area contributed by atoms with E-state index in [4.69, 9.17) is 23.7 Å². The Morgan fingerprint density at radius 3 is 2.37 bits per heavy atom. The Bertz CT molecular complexity index is 879. The summed E-state index contributed by atoms with van der Waals surface area (Å²) >= 11 is 0. The summed E-state index contributed by atoms with van der Waals surface area (Å²) in [5.41, 5.74) is -0.0989. The highest BCUT2D eigenvalue weighted by atomic mass is 16.7. The summed E-state index contributed by atoms with van der Waals surface area (Å²) in [7, 11) is 0. The maximum atomic E-state index is 12.0. The van der Waals surface area contributed by atoms with E-state index in [0.29, 0.717) is 12.2 Å². The van der Waals surface area contributed by atoms with Crippen molar-refractivity contribution >= 4 is 18.1 Å². The van der Waals surface area contributed by atoms with E-state index in [1.165, 1.54) is 0 Å². The molecule has 9 heteroatoms. The van der Waals surface area contributed by atoms with Gasteiger partial charge in [-0.1, -0.05) is 12.1 Å². The fourth-order valence-electron chi connectivity index (χ4n) is 2.59. The molecular weight excluding hydrogens is 394 g/mol. The summed E-state index contributed by atoms with van der Waals surface area (Å²) in [6, 6.07) is 6.63. The van der Waals surface area contributed by atoms with Gasteiger partial charge in [0.1, 0.15) is 17.6 Å². The molecule has 0 bridgehead atoms. The SMILES string of the molecule is CCOC(=O)CC(Cc1ccc(OC(=O)OC(C)(C)C)cc1)c1nc(C(=O)O)co1. The highest BCUT2D eigenvalue weighted by Crippen LogP contribution is 2.26. The second-order valence-corrected chi connectivity index (χ2v) is 7.50. The molecule has 30 heavy (non-hydrogen) atoms. The molecule has 0 amide bonds. The molecule has 9 nitrogen and oxygen atoms in total. The van der Waals surface area contributed by atoms with Gasteiger partial charge >= 0.3 is 18.1 Å². The minimum atomic E-state index is -1.22. The number of esters is 1. The molecule has 1 N–H and O–H groups in total. The largest absolute Gasteiger partial charge is 0.514 e. The second-order valence-electron chi connectivity index (χ2n) is 7.50. The number of nitrogens with zero attached hydrogens (tertiary/aromatic N) is 1. The molecule has 1 aromatic heterocycles. The van der Waals surface area contributed by atoms with Crippen molar-refractivity contribution in [3.63, 3.8) is 0 Å². The Kier molecular flexibility index (Phi) is 7.57. The van der Waals surface area contributed by atoms with Crippen LogP contribution in [0.2, 0.25) is 0 Å². The molecule has 1 atom stereocenters. The van der Waals surface area contributed by atoms with Gasteiger partial charge in [-0.05, 0) is 51.8 Å². The molecule has 2 aromatic rings. The monoisotopic (exact) mass is 419 g/mol. The number of carboxylic acid groups (broad SMARTS) is 1. The number of oxazole rings is 1. The fraction of sp³-hybridized carbons (Fsp3) is 0.429. The predicted molar refractivity (Wildman–Crippen MR) is 104 cm³/mol. The minimum Gasteiger partial charge on any atom is -0.476 e. The van der Waals surface area contributed by atoms with E-state index in [1.54, 1.807) is 52.0 Å². The first-order valence-electron chi connectivity index (χ1n) is 9.41. The Morgan fingerprint density at radius 1 is 1.17 bits per heavy atom. The van der Waals surface area contributed by atoms with Crippen LogP contribution in [-0.2, 0) is 20.7 Å². The molecule has 0 aliphatic rings. The maximum absolute atomic E-state index is 12.0. The van der Waals surface area contributed by atoms with Gasteiger partial charge in [-0.15, -0.1) is 0 Å². The van der Waals surface area contributed by atoms with E-state index in [2.05, 4.69) is 4.98 Å². The number of carboxylic acids is 1. The number of hydrogen-bond acceptors (Lipinski definition) is 8. The number of carbonyl (C=O) groups is 3. The molecule has 2 rings (SSSR count). The Labute approximate surface area is 174 Å². The zero-order valence-electron chi connectivity index (χ0n) is 17.3. The number of hydrogen-bond donors (Lipinski definition) is 1. The third kappa shape index (κ3) is 7.23. The van der Waals surface area contributed by atoms with Crippen LogP contribution in [0.25, 0.3) is 0 Å². The van der Waals surface area contributed by atoms with Gasteiger partial charge in [0.25, 0.3) is 0 Å². The first-order valence-corrected chi connectivity index (χ1v) is 9.41.